The molecule has 0 aliphatic heterocycles. The summed E-state index contributed by atoms with van der Waals surface area (Å²) in [6.45, 7) is 1.78. The van der Waals surface area contributed by atoms with E-state index in [4.69, 9.17) is 20.9 Å². The van der Waals surface area contributed by atoms with Crippen LogP contribution < -0.4 is 10.1 Å². The molecule has 128 valence electrons. The minimum atomic E-state index is -0.428. The SMILES string of the molecule is COc1ccc(C(=O)N[C@H](C)c2nc(-c3ccc(Cl)cc3)no2)cc1. The van der Waals surface area contributed by atoms with Crippen LogP contribution in [0.25, 0.3) is 11.4 Å². The van der Waals surface area contributed by atoms with E-state index in [2.05, 4.69) is 15.5 Å². The van der Waals surface area contributed by atoms with E-state index in [-0.39, 0.29) is 5.91 Å². The summed E-state index contributed by atoms with van der Waals surface area (Å²) in [5.41, 5.74) is 1.30. The van der Waals surface area contributed by atoms with Crippen LogP contribution in [0.4, 0.5) is 0 Å². The molecule has 3 aromatic rings. The Morgan fingerprint density at radius 1 is 1.16 bits per heavy atom. The second-order valence-electron chi connectivity index (χ2n) is 5.39. The third-order valence-electron chi connectivity index (χ3n) is 3.61. The zero-order valence-corrected chi connectivity index (χ0v) is 14.4. The summed E-state index contributed by atoms with van der Waals surface area (Å²) in [7, 11) is 1.57. The van der Waals surface area contributed by atoms with Crippen molar-refractivity contribution in [2.75, 3.05) is 7.11 Å². The lowest BCUT2D eigenvalue weighted by atomic mass is 10.2. The van der Waals surface area contributed by atoms with Crippen LogP contribution in [0.5, 0.6) is 5.75 Å². The predicted octanol–water partition coefficient (Wildman–Crippen LogP) is 3.89. The predicted molar refractivity (Wildman–Crippen MR) is 93.6 cm³/mol. The highest BCUT2D eigenvalue weighted by atomic mass is 35.5. The van der Waals surface area contributed by atoms with Crippen LogP contribution in [-0.2, 0) is 0 Å². The number of hydrogen-bond donors (Lipinski definition) is 1. The Balaban J connectivity index is 1.69. The lowest BCUT2D eigenvalue weighted by Crippen LogP contribution is -2.26. The van der Waals surface area contributed by atoms with Crippen molar-refractivity contribution in [2.45, 2.75) is 13.0 Å². The molecular formula is C18H16ClN3O3. The van der Waals surface area contributed by atoms with E-state index in [1.165, 1.54) is 0 Å². The molecule has 0 aliphatic rings. The first-order valence-corrected chi connectivity index (χ1v) is 7.99. The number of rotatable bonds is 5. The Morgan fingerprint density at radius 3 is 2.48 bits per heavy atom. The number of hydrogen-bond acceptors (Lipinski definition) is 5. The lowest BCUT2D eigenvalue weighted by Gasteiger charge is -2.10. The molecule has 0 spiro atoms. The molecule has 0 bridgehead atoms. The van der Waals surface area contributed by atoms with Crippen molar-refractivity contribution < 1.29 is 14.1 Å². The number of ether oxygens (including phenoxy) is 1. The van der Waals surface area contributed by atoms with E-state index in [9.17, 15) is 4.79 Å². The van der Waals surface area contributed by atoms with E-state index in [1.54, 1.807) is 62.6 Å². The molecule has 7 heteroatoms. The number of aromatic nitrogens is 2. The van der Waals surface area contributed by atoms with Gasteiger partial charge < -0.3 is 14.6 Å². The van der Waals surface area contributed by atoms with Gasteiger partial charge in [-0.05, 0) is 55.5 Å². The van der Waals surface area contributed by atoms with Gasteiger partial charge in [0.15, 0.2) is 0 Å². The number of nitrogens with one attached hydrogen (secondary N) is 1. The van der Waals surface area contributed by atoms with Gasteiger partial charge in [-0.1, -0.05) is 16.8 Å². The maximum absolute atomic E-state index is 12.3. The summed E-state index contributed by atoms with van der Waals surface area (Å²) in [4.78, 5) is 16.6. The van der Waals surface area contributed by atoms with Gasteiger partial charge in [0.05, 0.1) is 7.11 Å². The molecule has 0 aliphatic carbocycles. The zero-order chi connectivity index (χ0) is 17.8. The number of nitrogens with zero attached hydrogens (tertiary/aromatic N) is 2. The van der Waals surface area contributed by atoms with Crippen molar-refractivity contribution in [2.24, 2.45) is 0 Å². The van der Waals surface area contributed by atoms with Crippen LogP contribution in [0, 0.1) is 0 Å². The Bertz CT molecular complexity index is 860. The van der Waals surface area contributed by atoms with Gasteiger partial charge in [-0.15, -0.1) is 0 Å². The summed E-state index contributed by atoms with van der Waals surface area (Å²) in [5.74, 6) is 1.22. The molecule has 1 N–H and O–H groups in total. The summed E-state index contributed by atoms with van der Waals surface area (Å²) in [6, 6.07) is 13.5. The fourth-order valence-electron chi connectivity index (χ4n) is 2.21. The highest BCUT2D eigenvalue weighted by Gasteiger charge is 2.18. The molecule has 0 saturated carbocycles. The fourth-order valence-corrected chi connectivity index (χ4v) is 2.34. The quantitative estimate of drug-likeness (QED) is 0.749. The first-order valence-electron chi connectivity index (χ1n) is 7.61. The van der Waals surface area contributed by atoms with E-state index in [0.717, 1.165) is 5.56 Å². The smallest absolute Gasteiger partial charge is 0.251 e. The zero-order valence-electron chi connectivity index (χ0n) is 13.7. The normalized spacial score (nSPS) is 11.8. The van der Waals surface area contributed by atoms with Crippen molar-refractivity contribution >= 4 is 17.5 Å². The molecule has 1 heterocycles. The Hall–Kier alpha value is -2.86. The molecule has 0 radical (unpaired) electrons. The van der Waals surface area contributed by atoms with E-state index >= 15 is 0 Å². The third-order valence-corrected chi connectivity index (χ3v) is 3.87. The largest absolute Gasteiger partial charge is 0.497 e. The number of methoxy groups -OCH3 is 1. The van der Waals surface area contributed by atoms with Crippen LogP contribution in [0.2, 0.25) is 5.02 Å². The average molecular weight is 358 g/mol. The van der Waals surface area contributed by atoms with Crippen molar-refractivity contribution in [3.63, 3.8) is 0 Å². The Kier molecular flexibility index (Phi) is 5.00. The van der Waals surface area contributed by atoms with Crippen LogP contribution in [0.1, 0.15) is 29.2 Å². The molecule has 6 nitrogen and oxygen atoms in total. The molecule has 0 saturated heterocycles. The number of halogens is 1. The molecule has 2 aromatic carbocycles. The topological polar surface area (TPSA) is 77.2 Å². The maximum atomic E-state index is 12.3. The summed E-state index contributed by atoms with van der Waals surface area (Å²) in [6.07, 6.45) is 0. The first-order chi connectivity index (χ1) is 12.1. The van der Waals surface area contributed by atoms with Gasteiger partial charge in [0.25, 0.3) is 5.91 Å². The lowest BCUT2D eigenvalue weighted by molar-refractivity contribution is 0.0932. The van der Waals surface area contributed by atoms with Gasteiger partial charge in [-0.3, -0.25) is 4.79 Å². The fraction of sp³-hybridized carbons (Fsp3) is 0.167. The molecule has 25 heavy (non-hydrogen) atoms. The number of benzene rings is 2. The van der Waals surface area contributed by atoms with Crippen molar-refractivity contribution in [3.05, 3.63) is 65.0 Å². The maximum Gasteiger partial charge on any atom is 0.251 e. The van der Waals surface area contributed by atoms with Gasteiger partial charge in [0, 0.05) is 16.1 Å². The van der Waals surface area contributed by atoms with E-state index in [1.807, 2.05) is 0 Å². The number of amides is 1. The first kappa shape index (κ1) is 17.0. The van der Waals surface area contributed by atoms with Crippen LogP contribution >= 0.6 is 11.6 Å². The molecule has 3 rings (SSSR count). The molecule has 0 fully saturated rings. The summed E-state index contributed by atoms with van der Waals surface area (Å²) in [5, 5.41) is 7.40. The van der Waals surface area contributed by atoms with Gasteiger partial charge in [-0.25, -0.2) is 0 Å². The minimum absolute atomic E-state index is 0.235. The van der Waals surface area contributed by atoms with E-state index < -0.39 is 6.04 Å². The van der Waals surface area contributed by atoms with Gasteiger partial charge >= 0.3 is 0 Å². The number of carbonyl (C=O) groups is 1. The monoisotopic (exact) mass is 357 g/mol. The van der Waals surface area contributed by atoms with Crippen LogP contribution in [-0.4, -0.2) is 23.2 Å². The average Bonchev–Trinajstić information content (AvgIpc) is 3.12. The van der Waals surface area contributed by atoms with Crippen LogP contribution in [0.15, 0.2) is 53.1 Å². The van der Waals surface area contributed by atoms with Crippen molar-refractivity contribution in [1.29, 1.82) is 0 Å². The van der Waals surface area contributed by atoms with Gasteiger partial charge in [0.2, 0.25) is 11.7 Å². The van der Waals surface area contributed by atoms with Crippen molar-refractivity contribution in [3.8, 4) is 17.1 Å². The molecule has 1 aromatic heterocycles. The highest BCUT2D eigenvalue weighted by Crippen LogP contribution is 2.21. The second-order valence-corrected chi connectivity index (χ2v) is 5.82. The van der Waals surface area contributed by atoms with Gasteiger partial charge in [0.1, 0.15) is 11.8 Å². The van der Waals surface area contributed by atoms with Crippen LogP contribution in [0.3, 0.4) is 0 Å². The van der Waals surface area contributed by atoms with E-state index in [0.29, 0.717) is 28.1 Å². The molecule has 1 atom stereocenters. The Labute approximate surface area is 149 Å². The summed E-state index contributed by atoms with van der Waals surface area (Å²) >= 11 is 5.87. The standard InChI is InChI=1S/C18H16ClN3O3/c1-11(20-17(23)13-5-9-15(24-2)10-6-13)18-21-16(22-25-18)12-3-7-14(19)8-4-12/h3-11H,1-2H3,(H,20,23)/t11-/m1/s1. The third kappa shape index (κ3) is 3.97. The van der Waals surface area contributed by atoms with Crippen molar-refractivity contribution in [1.82, 2.24) is 15.5 Å². The molecule has 0 unspecified atom stereocenters. The minimum Gasteiger partial charge on any atom is -0.497 e. The van der Waals surface area contributed by atoms with Gasteiger partial charge in [-0.2, -0.15) is 4.98 Å². The second kappa shape index (κ2) is 7.36. The highest BCUT2D eigenvalue weighted by molar-refractivity contribution is 6.30. The summed E-state index contributed by atoms with van der Waals surface area (Å²) < 4.78 is 10.3. The molecular weight excluding hydrogens is 342 g/mol. The molecule has 1 amide bonds. The Morgan fingerprint density at radius 2 is 1.84 bits per heavy atom. The number of carbonyl (C=O) groups excluding carboxylic acids is 1.